The Balaban J connectivity index is 1.17. The second-order valence-electron chi connectivity index (χ2n) is 11.1. The number of fused-ring (bicyclic) bond motifs is 1. The number of para-hydroxylation sites is 4. The van der Waals surface area contributed by atoms with Crippen LogP contribution in [0.2, 0.25) is 0 Å². The van der Waals surface area contributed by atoms with Gasteiger partial charge in [-0.25, -0.2) is 9.98 Å². The van der Waals surface area contributed by atoms with Crippen LogP contribution in [0.4, 0.5) is 5.69 Å². The Morgan fingerprint density at radius 3 is 2.04 bits per heavy atom. The van der Waals surface area contributed by atoms with E-state index in [0.29, 0.717) is 46.8 Å². The number of allylic oxidation sites excluding steroid dienone is 6. The highest BCUT2D eigenvalue weighted by Gasteiger charge is 2.34. The van der Waals surface area contributed by atoms with Crippen molar-refractivity contribution in [3.8, 4) is 28.4 Å². The molecule has 0 saturated heterocycles. The molecule has 1 aliphatic carbocycles. The van der Waals surface area contributed by atoms with E-state index in [9.17, 15) is 0 Å². The van der Waals surface area contributed by atoms with Gasteiger partial charge >= 0.3 is 17.2 Å². The largest absolute Gasteiger partial charge is 0.531 e. The number of hydrogen-bond donors (Lipinski definition) is 0. The molecule has 2 heterocycles. The van der Waals surface area contributed by atoms with Gasteiger partial charge in [0.05, 0.1) is 16.8 Å². The Hall–Kier alpha value is -5.42. The predicted molar refractivity (Wildman–Crippen MR) is 200 cm³/mol. The van der Waals surface area contributed by atoms with Gasteiger partial charge in [0.2, 0.25) is 11.8 Å². The van der Waals surface area contributed by atoms with Crippen molar-refractivity contribution in [2.75, 3.05) is 0 Å². The predicted octanol–water partition coefficient (Wildman–Crippen LogP) is 11.8. The molecule has 2 unspecified atom stereocenters. The molecule has 0 N–H and O–H groups in total. The minimum atomic E-state index is -1.93. The first-order chi connectivity index (χ1) is 24.7. The van der Waals surface area contributed by atoms with Crippen molar-refractivity contribution in [2.45, 2.75) is 26.2 Å². The maximum atomic E-state index is 6.51. The summed E-state index contributed by atoms with van der Waals surface area (Å²) in [6.45, 7) is 5.96. The second-order valence-corrected chi connectivity index (χ2v) is 13.1. The van der Waals surface area contributed by atoms with Crippen molar-refractivity contribution in [1.82, 2.24) is 0 Å². The molecule has 2 aliphatic heterocycles. The van der Waals surface area contributed by atoms with Crippen LogP contribution in [-0.4, -0.2) is 11.8 Å². The molecule has 0 bridgehead atoms. The first-order valence-corrected chi connectivity index (χ1v) is 18.4. The van der Waals surface area contributed by atoms with E-state index in [1.165, 1.54) is 0 Å². The first-order valence-electron chi connectivity index (χ1n) is 16.2. The van der Waals surface area contributed by atoms with Crippen LogP contribution >= 0.6 is 17.2 Å². The van der Waals surface area contributed by atoms with Gasteiger partial charge in [0.1, 0.15) is 23.0 Å². The Bertz CT molecular complexity index is 2050. The average Bonchev–Trinajstić information content (AvgIpc) is 3.15. The SMILES string of the molecule is C=CC1=C(C/C=C\C)OP(Oc2ccccc2-c2ccccc2OP2OC(=NC3=CC=CCC3)c3ccccc3O2)OC1=Nc1ccccc1. The molecular formula is C40H34N2O6P2. The molecule has 4 aromatic carbocycles. The van der Waals surface area contributed by atoms with Crippen molar-refractivity contribution in [3.05, 3.63) is 169 Å². The summed E-state index contributed by atoms with van der Waals surface area (Å²) in [4.78, 5) is 9.62. The minimum absolute atomic E-state index is 0.386. The quantitative estimate of drug-likeness (QED) is 0.121. The summed E-state index contributed by atoms with van der Waals surface area (Å²) in [5.74, 6) is 3.28. The van der Waals surface area contributed by atoms with Gasteiger partial charge in [0.25, 0.3) is 0 Å². The first kappa shape index (κ1) is 33.1. The van der Waals surface area contributed by atoms with Gasteiger partial charge in [-0.05, 0) is 62.2 Å². The maximum absolute atomic E-state index is 6.51. The molecule has 50 heavy (non-hydrogen) atoms. The molecule has 0 saturated carbocycles. The lowest BCUT2D eigenvalue weighted by molar-refractivity contribution is 0.308. The molecule has 7 rings (SSSR count). The van der Waals surface area contributed by atoms with Crippen molar-refractivity contribution in [3.63, 3.8) is 0 Å². The molecule has 0 spiro atoms. The van der Waals surface area contributed by atoms with Crippen molar-refractivity contribution >= 4 is 34.7 Å². The van der Waals surface area contributed by atoms with Crippen LogP contribution < -0.4 is 13.6 Å². The fraction of sp³-hybridized carbons (Fsp3) is 0.100. The number of aliphatic imine (C=N–C) groups is 2. The van der Waals surface area contributed by atoms with Crippen LogP contribution in [0.1, 0.15) is 31.7 Å². The highest BCUT2D eigenvalue weighted by molar-refractivity contribution is 7.43. The summed E-state index contributed by atoms with van der Waals surface area (Å²) >= 11 is 0. The molecule has 0 fully saturated rings. The summed E-state index contributed by atoms with van der Waals surface area (Å²) in [6.07, 6.45) is 14.1. The van der Waals surface area contributed by atoms with Crippen LogP contribution in [0.25, 0.3) is 11.1 Å². The van der Waals surface area contributed by atoms with Gasteiger partial charge in [0.15, 0.2) is 0 Å². The highest BCUT2D eigenvalue weighted by atomic mass is 31.2. The minimum Gasteiger partial charge on any atom is -0.412 e. The lowest BCUT2D eigenvalue weighted by Gasteiger charge is -2.27. The van der Waals surface area contributed by atoms with Crippen LogP contribution in [0.5, 0.6) is 17.2 Å². The number of benzene rings is 4. The van der Waals surface area contributed by atoms with Gasteiger partial charge in [0, 0.05) is 23.2 Å². The Morgan fingerprint density at radius 2 is 1.36 bits per heavy atom. The van der Waals surface area contributed by atoms with Crippen LogP contribution in [0, 0.1) is 0 Å². The van der Waals surface area contributed by atoms with E-state index in [4.69, 9.17) is 37.1 Å². The summed E-state index contributed by atoms with van der Waals surface area (Å²) in [5.41, 5.74) is 4.69. The zero-order chi connectivity index (χ0) is 34.1. The Kier molecular flexibility index (Phi) is 10.5. The fourth-order valence-corrected chi connectivity index (χ4v) is 7.38. The van der Waals surface area contributed by atoms with E-state index in [1.54, 1.807) is 6.08 Å². The lowest BCUT2D eigenvalue weighted by Crippen LogP contribution is -2.16. The molecule has 8 nitrogen and oxygen atoms in total. The van der Waals surface area contributed by atoms with E-state index in [2.05, 4.69) is 12.7 Å². The van der Waals surface area contributed by atoms with Crippen LogP contribution in [0.15, 0.2) is 173 Å². The smallest absolute Gasteiger partial charge is 0.412 e. The van der Waals surface area contributed by atoms with Crippen LogP contribution in [0.3, 0.4) is 0 Å². The van der Waals surface area contributed by atoms with E-state index in [-0.39, 0.29) is 0 Å². The van der Waals surface area contributed by atoms with Crippen molar-refractivity contribution in [1.29, 1.82) is 0 Å². The number of hydrogen-bond acceptors (Lipinski definition) is 8. The second kappa shape index (κ2) is 15.9. The number of nitrogens with zero attached hydrogens (tertiary/aromatic N) is 2. The molecule has 0 amide bonds. The van der Waals surface area contributed by atoms with E-state index >= 15 is 0 Å². The van der Waals surface area contributed by atoms with Gasteiger partial charge in [-0.3, -0.25) is 0 Å². The summed E-state index contributed by atoms with van der Waals surface area (Å²) in [5, 5.41) is 0. The zero-order valence-corrected chi connectivity index (χ0v) is 29.1. The normalized spacial score (nSPS) is 19.9. The zero-order valence-electron chi connectivity index (χ0n) is 27.3. The molecule has 0 radical (unpaired) electrons. The van der Waals surface area contributed by atoms with Crippen molar-refractivity contribution < 1.29 is 27.1 Å². The molecule has 0 aromatic heterocycles. The lowest BCUT2D eigenvalue weighted by atomic mass is 10.0. The molecule has 3 aliphatic rings. The molecule has 250 valence electrons. The third kappa shape index (κ3) is 7.73. The summed E-state index contributed by atoms with van der Waals surface area (Å²) in [6, 6.07) is 32.7. The highest BCUT2D eigenvalue weighted by Crippen LogP contribution is 2.53. The summed E-state index contributed by atoms with van der Waals surface area (Å²) < 4.78 is 38.1. The molecular weight excluding hydrogens is 666 g/mol. The molecule has 2 atom stereocenters. The van der Waals surface area contributed by atoms with E-state index < -0.39 is 17.2 Å². The summed E-state index contributed by atoms with van der Waals surface area (Å²) in [7, 11) is -3.81. The van der Waals surface area contributed by atoms with E-state index in [1.807, 2.05) is 134 Å². The van der Waals surface area contributed by atoms with Gasteiger partial charge in [-0.1, -0.05) is 104 Å². The van der Waals surface area contributed by atoms with E-state index in [0.717, 1.165) is 40.9 Å². The monoisotopic (exact) mass is 700 g/mol. The van der Waals surface area contributed by atoms with Crippen LogP contribution in [-0.2, 0) is 13.6 Å². The third-order valence-corrected chi connectivity index (χ3v) is 9.76. The Morgan fingerprint density at radius 1 is 0.720 bits per heavy atom. The molecule has 4 aromatic rings. The maximum Gasteiger partial charge on any atom is 0.531 e. The van der Waals surface area contributed by atoms with Crippen molar-refractivity contribution in [2.24, 2.45) is 9.98 Å². The topological polar surface area (TPSA) is 80.1 Å². The third-order valence-electron chi connectivity index (χ3n) is 7.70. The Labute approximate surface area is 294 Å². The van der Waals surface area contributed by atoms with Gasteiger partial charge < -0.3 is 27.1 Å². The number of rotatable bonds is 10. The fourth-order valence-electron chi connectivity index (χ4n) is 5.28. The van der Waals surface area contributed by atoms with Gasteiger partial charge in [-0.15, -0.1) is 0 Å². The standard InChI is InChI=1S/C40H34N2O6P2/c1-3-5-25-35-31(4-2)39(41-29-18-8-6-9-19-29)47-49(43-35)44-36-26-15-12-22-32(36)33-23-13-16-27-37(33)45-50-46-38-28-17-14-24-34(38)40(48-50)42-30-20-10-7-11-21-30/h3-10,12-20,22-24,26-28H,2,11,21,25H2,1H3/b5-3-,41-39?,42-40?. The molecule has 10 heteroatoms. The van der Waals surface area contributed by atoms with Gasteiger partial charge in [-0.2, -0.15) is 0 Å². The average molecular weight is 701 g/mol.